The summed E-state index contributed by atoms with van der Waals surface area (Å²) in [5.41, 5.74) is 8.56. The average Bonchev–Trinajstić information content (AvgIpc) is 3.36. The SMILES string of the molecule is Cc1ccc(-c2c3c4cc(OCCCN(C)C)c(OCCCN(C)C)cc4oc(=O)c3n3ccc4cc(C)c(C)cc4c23)cc1C. The van der Waals surface area contributed by atoms with E-state index in [1.165, 1.54) is 22.3 Å². The maximum Gasteiger partial charge on any atom is 0.361 e. The Hall–Kier alpha value is -4.33. The smallest absolute Gasteiger partial charge is 0.361 e. The van der Waals surface area contributed by atoms with Gasteiger partial charge in [0.25, 0.3) is 0 Å². The van der Waals surface area contributed by atoms with E-state index < -0.39 is 0 Å². The zero-order valence-corrected chi connectivity index (χ0v) is 28.4. The Balaban J connectivity index is 1.67. The van der Waals surface area contributed by atoms with Gasteiger partial charge in [-0.05, 0) is 120 Å². The fourth-order valence-electron chi connectivity index (χ4n) is 6.30. The monoisotopic (exact) mass is 619 g/mol. The molecule has 0 fully saturated rings. The molecule has 0 unspecified atom stereocenters. The molecule has 0 saturated heterocycles. The van der Waals surface area contributed by atoms with E-state index in [1.807, 2.05) is 22.7 Å². The molecule has 3 aromatic heterocycles. The zero-order chi connectivity index (χ0) is 32.7. The Labute approximate surface area is 270 Å². The molecule has 6 rings (SSSR count). The molecule has 0 atom stereocenters. The molecular weight excluding hydrogens is 574 g/mol. The molecule has 0 aliphatic heterocycles. The number of nitrogens with zero attached hydrogens (tertiary/aromatic N) is 3. The van der Waals surface area contributed by atoms with Crippen molar-refractivity contribution < 1.29 is 13.9 Å². The summed E-state index contributed by atoms with van der Waals surface area (Å²) < 4.78 is 20.8. The van der Waals surface area contributed by atoms with E-state index in [1.54, 1.807) is 0 Å². The molecule has 3 heterocycles. The fourth-order valence-corrected chi connectivity index (χ4v) is 6.30. The molecule has 7 nitrogen and oxygen atoms in total. The van der Waals surface area contributed by atoms with Crippen LogP contribution in [0.15, 0.2) is 63.9 Å². The molecule has 7 heteroatoms. The first-order valence-corrected chi connectivity index (χ1v) is 16.1. The highest BCUT2D eigenvalue weighted by atomic mass is 16.5. The molecule has 0 radical (unpaired) electrons. The van der Waals surface area contributed by atoms with Crippen molar-refractivity contribution in [3.8, 4) is 22.6 Å². The molecule has 0 aliphatic carbocycles. The standard InChI is InChI=1S/C39H45N3O4/c1-24-11-12-29(20-25(24)2)35-36-31-22-33(44-17-9-14-40(5)6)34(45-18-10-15-41(7)8)23-32(31)46-39(43)38(36)42-16-13-28-19-26(3)27(4)21-30(28)37(35)42/h11-13,16,19-23H,9-10,14-15,17-18H2,1-8H3. The van der Waals surface area contributed by atoms with Crippen LogP contribution in [0.5, 0.6) is 11.5 Å². The van der Waals surface area contributed by atoms with Crippen LogP contribution < -0.4 is 15.1 Å². The normalized spacial score (nSPS) is 12.0. The quantitative estimate of drug-likeness (QED) is 0.109. The van der Waals surface area contributed by atoms with Gasteiger partial charge in [-0.3, -0.25) is 0 Å². The lowest BCUT2D eigenvalue weighted by Crippen LogP contribution is -2.16. The average molecular weight is 620 g/mol. The first kappa shape index (κ1) is 31.6. The van der Waals surface area contributed by atoms with E-state index in [-0.39, 0.29) is 5.63 Å². The van der Waals surface area contributed by atoms with Crippen LogP contribution in [0.1, 0.15) is 35.1 Å². The van der Waals surface area contributed by atoms with Crippen molar-refractivity contribution in [3.05, 3.63) is 87.4 Å². The molecule has 0 spiro atoms. The van der Waals surface area contributed by atoms with Gasteiger partial charge in [0.05, 0.1) is 18.7 Å². The number of pyridine rings is 1. The number of hydrogen-bond donors (Lipinski definition) is 0. The maximum atomic E-state index is 14.0. The molecule has 0 N–H and O–H groups in total. The van der Waals surface area contributed by atoms with Gasteiger partial charge >= 0.3 is 5.63 Å². The van der Waals surface area contributed by atoms with E-state index >= 15 is 0 Å². The van der Waals surface area contributed by atoms with E-state index in [2.05, 4.69) is 102 Å². The van der Waals surface area contributed by atoms with Gasteiger partial charge in [0.15, 0.2) is 11.5 Å². The topological polar surface area (TPSA) is 59.6 Å². The molecule has 3 aromatic carbocycles. The zero-order valence-electron chi connectivity index (χ0n) is 28.4. The lowest BCUT2D eigenvalue weighted by Gasteiger charge is -2.16. The van der Waals surface area contributed by atoms with Gasteiger partial charge in [-0.2, -0.15) is 0 Å². The van der Waals surface area contributed by atoms with Crippen molar-refractivity contribution in [1.29, 1.82) is 0 Å². The van der Waals surface area contributed by atoms with Crippen LogP contribution in [0.3, 0.4) is 0 Å². The summed E-state index contributed by atoms with van der Waals surface area (Å²) >= 11 is 0. The van der Waals surface area contributed by atoms with Crippen molar-refractivity contribution >= 4 is 38.2 Å². The van der Waals surface area contributed by atoms with Gasteiger partial charge in [0.2, 0.25) is 0 Å². The van der Waals surface area contributed by atoms with E-state index in [0.717, 1.165) is 64.1 Å². The fraction of sp³-hybridized carbons (Fsp3) is 0.359. The van der Waals surface area contributed by atoms with Crippen molar-refractivity contribution in [2.75, 3.05) is 54.5 Å². The first-order chi connectivity index (χ1) is 22.0. The maximum absolute atomic E-state index is 14.0. The second-order valence-corrected chi connectivity index (χ2v) is 13.2. The van der Waals surface area contributed by atoms with Crippen molar-refractivity contribution in [2.45, 2.75) is 40.5 Å². The minimum Gasteiger partial charge on any atom is -0.490 e. The van der Waals surface area contributed by atoms with Crippen LogP contribution in [0, 0.1) is 27.7 Å². The molecule has 240 valence electrons. The molecule has 0 aliphatic rings. The van der Waals surface area contributed by atoms with Crippen LogP contribution >= 0.6 is 0 Å². The summed E-state index contributed by atoms with van der Waals surface area (Å²) in [7, 11) is 8.23. The summed E-state index contributed by atoms with van der Waals surface area (Å²) in [4.78, 5) is 18.3. The predicted octanol–water partition coefficient (Wildman–Crippen LogP) is 7.91. The summed E-state index contributed by atoms with van der Waals surface area (Å²) in [5, 5.41) is 3.92. The van der Waals surface area contributed by atoms with Crippen LogP contribution in [-0.2, 0) is 0 Å². The minimum atomic E-state index is -0.381. The van der Waals surface area contributed by atoms with Gasteiger partial charge < -0.3 is 28.1 Å². The third kappa shape index (κ3) is 5.97. The highest BCUT2D eigenvalue weighted by molar-refractivity contribution is 6.21. The number of aromatic nitrogens is 1. The number of benzene rings is 3. The van der Waals surface area contributed by atoms with Crippen molar-refractivity contribution in [1.82, 2.24) is 14.2 Å². The lowest BCUT2D eigenvalue weighted by molar-refractivity contribution is 0.244. The molecule has 46 heavy (non-hydrogen) atoms. The van der Waals surface area contributed by atoms with Crippen LogP contribution in [0.25, 0.3) is 49.3 Å². The van der Waals surface area contributed by atoms with Gasteiger partial charge in [-0.25, -0.2) is 4.79 Å². The largest absolute Gasteiger partial charge is 0.490 e. The van der Waals surface area contributed by atoms with E-state index in [4.69, 9.17) is 13.9 Å². The number of fused-ring (bicyclic) bond motifs is 7. The third-order valence-electron chi connectivity index (χ3n) is 9.05. The molecule has 0 bridgehead atoms. The molecule has 0 amide bonds. The third-order valence-corrected chi connectivity index (χ3v) is 9.05. The van der Waals surface area contributed by atoms with Crippen LogP contribution in [-0.4, -0.2) is 68.7 Å². The van der Waals surface area contributed by atoms with Crippen LogP contribution in [0.2, 0.25) is 0 Å². The first-order valence-electron chi connectivity index (χ1n) is 16.1. The Morgan fingerprint density at radius 2 is 1.33 bits per heavy atom. The molecular formula is C39H45N3O4. The summed E-state index contributed by atoms with van der Waals surface area (Å²) in [5.74, 6) is 1.25. The highest BCUT2D eigenvalue weighted by Crippen LogP contribution is 2.44. The van der Waals surface area contributed by atoms with Gasteiger partial charge in [-0.1, -0.05) is 24.3 Å². The van der Waals surface area contributed by atoms with Gasteiger partial charge in [0.1, 0.15) is 11.1 Å². The lowest BCUT2D eigenvalue weighted by atomic mass is 9.95. The number of aryl methyl sites for hydroxylation is 4. The summed E-state index contributed by atoms with van der Waals surface area (Å²) in [6.45, 7) is 11.4. The van der Waals surface area contributed by atoms with Crippen LogP contribution in [0.4, 0.5) is 0 Å². The summed E-state index contributed by atoms with van der Waals surface area (Å²) in [6, 6.07) is 17.0. The number of ether oxygens (including phenoxy) is 2. The van der Waals surface area contributed by atoms with Crippen molar-refractivity contribution in [2.24, 2.45) is 0 Å². The van der Waals surface area contributed by atoms with Crippen molar-refractivity contribution in [3.63, 3.8) is 0 Å². The Morgan fingerprint density at radius 1 is 0.696 bits per heavy atom. The molecule has 6 aromatic rings. The highest BCUT2D eigenvalue weighted by Gasteiger charge is 2.24. The van der Waals surface area contributed by atoms with E-state index in [9.17, 15) is 4.79 Å². The van der Waals surface area contributed by atoms with Gasteiger partial charge in [-0.15, -0.1) is 0 Å². The molecule has 0 saturated carbocycles. The number of hydrogen-bond acceptors (Lipinski definition) is 6. The van der Waals surface area contributed by atoms with E-state index in [0.29, 0.717) is 35.8 Å². The predicted molar refractivity (Wildman–Crippen MR) is 190 cm³/mol. The minimum absolute atomic E-state index is 0.381. The number of rotatable bonds is 11. The Morgan fingerprint density at radius 3 is 1.98 bits per heavy atom. The summed E-state index contributed by atoms with van der Waals surface area (Å²) in [6.07, 6.45) is 3.74. The second kappa shape index (κ2) is 12.8. The Bertz CT molecular complexity index is 2140. The Kier molecular flexibility index (Phi) is 8.82. The van der Waals surface area contributed by atoms with Gasteiger partial charge in [0, 0.05) is 47.1 Å². The second-order valence-electron chi connectivity index (χ2n) is 13.2.